The summed E-state index contributed by atoms with van der Waals surface area (Å²) in [4.78, 5) is 46.6. The Morgan fingerprint density at radius 1 is 1.14 bits per heavy atom. The topological polar surface area (TPSA) is 92.8 Å². The third kappa shape index (κ3) is 4.41. The van der Waals surface area contributed by atoms with E-state index in [4.69, 9.17) is 0 Å². The Hall–Kier alpha value is -2.18. The second-order valence-corrected chi connectivity index (χ2v) is 5.49. The van der Waals surface area contributed by atoms with Crippen LogP contribution in [0.15, 0.2) is 12.2 Å². The lowest BCUT2D eigenvalue weighted by atomic mass is 9.86. The third-order valence-electron chi connectivity index (χ3n) is 3.86. The molecule has 0 aromatic rings. The van der Waals surface area contributed by atoms with Crippen LogP contribution in [0.25, 0.3) is 0 Å². The van der Waals surface area contributed by atoms with Gasteiger partial charge in [0.15, 0.2) is 0 Å². The van der Waals surface area contributed by atoms with Crippen molar-refractivity contribution in [2.75, 3.05) is 13.1 Å². The van der Waals surface area contributed by atoms with Crippen molar-refractivity contribution < 1.29 is 23.9 Å². The van der Waals surface area contributed by atoms with Gasteiger partial charge >= 0.3 is 12.1 Å². The maximum absolute atomic E-state index is 11.4. The van der Waals surface area contributed by atoms with Gasteiger partial charge in [0.1, 0.15) is 0 Å². The van der Waals surface area contributed by atoms with Crippen molar-refractivity contribution in [2.45, 2.75) is 38.5 Å². The molecule has 0 aromatic heterocycles. The summed E-state index contributed by atoms with van der Waals surface area (Å²) in [6.45, 7) is 0.784. The highest BCUT2D eigenvalue weighted by Crippen LogP contribution is 2.27. The van der Waals surface area contributed by atoms with Crippen LogP contribution in [0.5, 0.6) is 0 Å². The van der Waals surface area contributed by atoms with Gasteiger partial charge < -0.3 is 10.1 Å². The van der Waals surface area contributed by atoms with E-state index in [-0.39, 0.29) is 17.7 Å². The zero-order valence-electron chi connectivity index (χ0n) is 12.4. The van der Waals surface area contributed by atoms with E-state index in [1.165, 1.54) is 17.1 Å². The fourth-order valence-electron chi connectivity index (χ4n) is 2.27. The van der Waals surface area contributed by atoms with Crippen molar-refractivity contribution in [1.29, 1.82) is 0 Å². The van der Waals surface area contributed by atoms with Gasteiger partial charge in [0, 0.05) is 25.2 Å². The fraction of sp³-hybridized carbons (Fsp3) is 0.600. The lowest BCUT2D eigenvalue weighted by Gasteiger charge is -2.22. The predicted octanol–water partition coefficient (Wildman–Crippen LogP) is 1.13. The van der Waals surface area contributed by atoms with E-state index in [0.29, 0.717) is 25.9 Å². The van der Waals surface area contributed by atoms with Crippen molar-refractivity contribution in [1.82, 2.24) is 10.2 Å². The number of nitrogens with one attached hydrogen (secondary N) is 1. The summed E-state index contributed by atoms with van der Waals surface area (Å²) >= 11 is 0. The molecule has 1 N–H and O–H groups in total. The Bertz CT molecular complexity index is 478. The molecule has 0 atom stereocenters. The molecule has 0 spiro atoms. The van der Waals surface area contributed by atoms with E-state index >= 15 is 0 Å². The molecule has 1 saturated carbocycles. The smallest absolute Gasteiger partial charge is 0.376 e. The number of carbonyl (C=O) groups excluding carboxylic acids is 4. The predicted molar refractivity (Wildman–Crippen MR) is 76.5 cm³/mol. The first-order valence-corrected chi connectivity index (χ1v) is 7.61. The largest absolute Gasteiger partial charge is 0.414 e. The molecule has 1 aliphatic carbocycles. The molecule has 0 aromatic carbocycles. The molecule has 3 amide bonds. The molecule has 0 unspecified atom stereocenters. The lowest BCUT2D eigenvalue weighted by molar-refractivity contribution is -0.144. The highest BCUT2D eigenvalue weighted by atomic mass is 16.6. The van der Waals surface area contributed by atoms with Crippen LogP contribution in [-0.4, -0.2) is 41.9 Å². The molecule has 1 aliphatic heterocycles. The Kier molecular flexibility index (Phi) is 5.68. The van der Waals surface area contributed by atoms with Gasteiger partial charge in [0.05, 0.1) is 5.92 Å². The molecule has 0 radical (unpaired) electrons. The van der Waals surface area contributed by atoms with E-state index in [0.717, 1.165) is 25.7 Å². The van der Waals surface area contributed by atoms with Crippen molar-refractivity contribution in [3.63, 3.8) is 0 Å². The summed E-state index contributed by atoms with van der Waals surface area (Å²) in [5, 5.41) is 2.52. The minimum Gasteiger partial charge on any atom is -0.376 e. The lowest BCUT2D eigenvalue weighted by Crippen LogP contribution is -2.33. The maximum Gasteiger partial charge on any atom is 0.414 e. The standard InChI is InChI=1S/C15H20N2O5/c18-12-7-8-13(19)17(12)10-3-1-2-9-16-15(21)22-14(20)11-5-4-6-11/h7-8,11H,1-6,9-10H2,(H,16,21). The first-order valence-electron chi connectivity index (χ1n) is 7.61. The SMILES string of the molecule is O=C(NCCCCCN1C(=O)C=CC1=O)OC(=O)C1CCC1. The fourth-order valence-corrected chi connectivity index (χ4v) is 2.27. The Morgan fingerprint density at radius 3 is 2.41 bits per heavy atom. The maximum atomic E-state index is 11.4. The number of carbonyl (C=O) groups is 4. The van der Waals surface area contributed by atoms with Gasteiger partial charge in [-0.3, -0.25) is 19.3 Å². The number of esters is 1. The van der Waals surface area contributed by atoms with Gasteiger partial charge in [-0.05, 0) is 32.1 Å². The molecule has 1 heterocycles. The van der Waals surface area contributed by atoms with Crippen LogP contribution >= 0.6 is 0 Å². The summed E-state index contributed by atoms with van der Waals surface area (Å²) in [6, 6.07) is 0. The summed E-state index contributed by atoms with van der Waals surface area (Å²) < 4.78 is 4.68. The van der Waals surface area contributed by atoms with Crippen molar-refractivity contribution in [2.24, 2.45) is 5.92 Å². The van der Waals surface area contributed by atoms with Crippen molar-refractivity contribution in [3.05, 3.63) is 12.2 Å². The van der Waals surface area contributed by atoms with Gasteiger partial charge in [0.25, 0.3) is 11.8 Å². The van der Waals surface area contributed by atoms with E-state index in [1.54, 1.807) is 0 Å². The van der Waals surface area contributed by atoms with Gasteiger partial charge in [-0.15, -0.1) is 0 Å². The number of nitrogens with zero attached hydrogens (tertiary/aromatic N) is 1. The molecular formula is C15H20N2O5. The minimum atomic E-state index is -0.703. The Morgan fingerprint density at radius 2 is 1.82 bits per heavy atom. The normalized spacial score (nSPS) is 17.5. The zero-order valence-corrected chi connectivity index (χ0v) is 12.4. The Labute approximate surface area is 128 Å². The summed E-state index contributed by atoms with van der Waals surface area (Å²) in [5.41, 5.74) is 0. The van der Waals surface area contributed by atoms with E-state index in [9.17, 15) is 19.2 Å². The highest BCUT2D eigenvalue weighted by molar-refractivity contribution is 6.12. The molecule has 2 aliphatic rings. The number of amides is 3. The van der Waals surface area contributed by atoms with Crippen LogP contribution in [0.1, 0.15) is 38.5 Å². The number of imide groups is 1. The number of hydrogen-bond donors (Lipinski definition) is 1. The summed E-state index contributed by atoms with van der Waals surface area (Å²) in [7, 11) is 0. The van der Waals surface area contributed by atoms with Crippen LogP contribution in [0.3, 0.4) is 0 Å². The van der Waals surface area contributed by atoms with Crippen LogP contribution < -0.4 is 5.32 Å². The van der Waals surface area contributed by atoms with Crippen molar-refractivity contribution >= 4 is 23.9 Å². The number of rotatable bonds is 7. The van der Waals surface area contributed by atoms with E-state index in [2.05, 4.69) is 10.1 Å². The average Bonchev–Trinajstić information content (AvgIpc) is 2.71. The van der Waals surface area contributed by atoms with Gasteiger partial charge in [-0.2, -0.15) is 0 Å². The average molecular weight is 308 g/mol. The first kappa shape index (κ1) is 16.2. The van der Waals surface area contributed by atoms with E-state index < -0.39 is 12.1 Å². The number of unbranched alkanes of at least 4 members (excludes halogenated alkanes) is 2. The summed E-state index contributed by atoms with van der Waals surface area (Å²) in [5.74, 6) is -1.11. The number of ether oxygens (including phenoxy) is 1. The zero-order chi connectivity index (χ0) is 15.9. The monoisotopic (exact) mass is 308 g/mol. The molecule has 120 valence electrons. The molecule has 7 heteroatoms. The molecule has 1 fully saturated rings. The van der Waals surface area contributed by atoms with Crippen molar-refractivity contribution in [3.8, 4) is 0 Å². The first-order chi connectivity index (χ1) is 10.6. The number of alkyl carbamates (subject to hydrolysis) is 1. The molecule has 7 nitrogen and oxygen atoms in total. The van der Waals surface area contributed by atoms with Gasteiger partial charge in [-0.25, -0.2) is 4.79 Å². The second kappa shape index (κ2) is 7.72. The van der Waals surface area contributed by atoms with E-state index in [1.807, 2.05) is 0 Å². The van der Waals surface area contributed by atoms with Gasteiger partial charge in [-0.1, -0.05) is 6.42 Å². The summed E-state index contributed by atoms with van der Waals surface area (Å²) in [6.07, 6.45) is 6.56. The van der Waals surface area contributed by atoms with Crippen LogP contribution in [0, 0.1) is 5.92 Å². The van der Waals surface area contributed by atoms with Gasteiger partial charge in [0.2, 0.25) is 0 Å². The van der Waals surface area contributed by atoms with Crippen LogP contribution in [-0.2, 0) is 19.1 Å². The molecule has 2 rings (SSSR count). The quantitative estimate of drug-likeness (QED) is 0.329. The second-order valence-electron chi connectivity index (χ2n) is 5.49. The highest BCUT2D eigenvalue weighted by Gasteiger charge is 2.28. The van der Waals surface area contributed by atoms with Crippen LogP contribution in [0.4, 0.5) is 4.79 Å². The minimum absolute atomic E-state index is 0.116. The molecule has 0 saturated heterocycles. The Balaban J connectivity index is 1.48. The molecule has 22 heavy (non-hydrogen) atoms. The van der Waals surface area contributed by atoms with Crippen LogP contribution in [0.2, 0.25) is 0 Å². The molecule has 0 bridgehead atoms. The number of hydrogen-bond acceptors (Lipinski definition) is 5. The molecular weight excluding hydrogens is 288 g/mol. The third-order valence-corrected chi connectivity index (χ3v) is 3.86.